The van der Waals surface area contributed by atoms with Gasteiger partial charge < -0.3 is 0 Å². The van der Waals surface area contributed by atoms with E-state index in [0.717, 1.165) is 0 Å². The molecule has 0 N–H and O–H groups in total. The summed E-state index contributed by atoms with van der Waals surface area (Å²) in [7, 11) is 0. The molecule has 0 aromatic heterocycles. The Labute approximate surface area is 119 Å². The van der Waals surface area contributed by atoms with Gasteiger partial charge in [0.15, 0.2) is 0 Å². The molecule has 0 atom stereocenters. The third-order valence-electron chi connectivity index (χ3n) is 3.11. The maximum atomic E-state index is 3.41. The summed E-state index contributed by atoms with van der Waals surface area (Å²) in [6, 6.07) is 34.8. The van der Waals surface area contributed by atoms with E-state index in [1.165, 1.54) is 21.5 Å². The maximum absolute atomic E-state index is 3.41. The molecule has 94 valence electrons. The molecule has 0 spiro atoms. The summed E-state index contributed by atoms with van der Waals surface area (Å²) in [5.74, 6) is 0. The van der Waals surface area contributed by atoms with Crippen LogP contribution in [-0.4, -0.2) is 0 Å². The Bertz CT molecular complexity index is 669. The van der Waals surface area contributed by atoms with Gasteiger partial charge in [0.05, 0.1) is 0 Å². The highest BCUT2D eigenvalue weighted by atomic mass is 14.0. The lowest BCUT2D eigenvalue weighted by Gasteiger charge is -2.00. The zero-order chi connectivity index (χ0) is 13.6. The summed E-state index contributed by atoms with van der Waals surface area (Å²) in [6.45, 7) is 0. The van der Waals surface area contributed by atoms with E-state index >= 15 is 0 Å². The van der Waals surface area contributed by atoms with Crippen molar-refractivity contribution in [2.75, 3.05) is 0 Å². The fourth-order valence-electron chi connectivity index (χ4n) is 2.13. The Balaban J connectivity index is 0.000000170. The second kappa shape index (κ2) is 6.03. The van der Waals surface area contributed by atoms with Gasteiger partial charge in [0.1, 0.15) is 0 Å². The third kappa shape index (κ3) is 2.86. The molecule has 0 aliphatic carbocycles. The average Bonchev–Trinajstić information content (AvgIpc) is 2.55. The predicted molar refractivity (Wildman–Crippen MR) is 85.6 cm³/mol. The van der Waals surface area contributed by atoms with E-state index in [1.54, 1.807) is 0 Å². The summed E-state index contributed by atoms with van der Waals surface area (Å²) in [5.41, 5.74) is 0. The molecule has 2 radical (unpaired) electrons. The topological polar surface area (TPSA) is 0 Å². The van der Waals surface area contributed by atoms with Crippen molar-refractivity contribution in [1.29, 1.82) is 0 Å². The molecule has 0 fully saturated rings. The van der Waals surface area contributed by atoms with Gasteiger partial charge in [-0.1, -0.05) is 78.9 Å². The highest BCUT2D eigenvalue weighted by Crippen LogP contribution is 2.21. The Morgan fingerprint density at radius 3 is 1.55 bits per heavy atom. The van der Waals surface area contributed by atoms with Gasteiger partial charge in [-0.3, -0.25) is 0 Å². The van der Waals surface area contributed by atoms with Crippen LogP contribution in [0.15, 0.2) is 84.9 Å². The first-order valence-corrected chi connectivity index (χ1v) is 6.64. The molecule has 4 aromatic carbocycles. The molecule has 0 saturated heterocycles. The van der Waals surface area contributed by atoms with Gasteiger partial charge in [-0.05, 0) is 39.7 Å². The normalized spacial score (nSPS) is 10.0. The second-order valence-corrected chi connectivity index (χ2v) is 4.52. The molecular formula is C20H14. The van der Waals surface area contributed by atoms with Crippen molar-refractivity contribution in [2.24, 2.45) is 0 Å². The number of hydrogen-bond donors (Lipinski definition) is 0. The molecule has 0 heterocycles. The molecule has 0 amide bonds. The molecular weight excluding hydrogens is 240 g/mol. The number of rotatable bonds is 0. The Morgan fingerprint density at radius 1 is 0.550 bits per heavy atom. The van der Waals surface area contributed by atoms with Crippen molar-refractivity contribution in [3.63, 3.8) is 0 Å². The lowest BCUT2D eigenvalue weighted by molar-refractivity contribution is 1.70. The highest BCUT2D eigenvalue weighted by molar-refractivity contribution is 5.97. The minimum atomic E-state index is 1.19. The van der Waals surface area contributed by atoms with E-state index in [1.807, 2.05) is 42.5 Å². The van der Waals surface area contributed by atoms with Crippen molar-refractivity contribution in [2.45, 2.75) is 0 Å². The lowest BCUT2D eigenvalue weighted by atomic mass is 10.0. The molecule has 0 saturated carbocycles. The molecule has 4 rings (SSSR count). The smallest absolute Gasteiger partial charge is 0.00143 e. The van der Waals surface area contributed by atoms with Crippen molar-refractivity contribution in [3.8, 4) is 0 Å². The van der Waals surface area contributed by atoms with Crippen LogP contribution < -0.4 is 0 Å². The maximum Gasteiger partial charge on any atom is -0.00143 e. The minimum absolute atomic E-state index is 1.19. The van der Waals surface area contributed by atoms with Gasteiger partial charge in [-0.15, -0.1) is 0 Å². The van der Waals surface area contributed by atoms with Crippen LogP contribution in [0.4, 0.5) is 0 Å². The van der Waals surface area contributed by atoms with Crippen molar-refractivity contribution < 1.29 is 0 Å². The van der Waals surface area contributed by atoms with Crippen LogP contribution >= 0.6 is 0 Å². The SMILES string of the molecule is [c]1c2ccccc2cc2ccccc12.[c]1ccccc1. The standard InChI is InChI=1S/C14H9.C6H5/c1-2-6-12-10-14-8-4-3-7-13(14)9-11(12)5-1;1-2-4-6-5-3-1/h1-9H;1-5H. The zero-order valence-corrected chi connectivity index (χ0v) is 11.1. The van der Waals surface area contributed by atoms with Crippen LogP contribution in [0.25, 0.3) is 21.5 Å². The van der Waals surface area contributed by atoms with Crippen LogP contribution in [0.1, 0.15) is 0 Å². The minimum Gasteiger partial charge on any atom is -0.0622 e. The van der Waals surface area contributed by atoms with Crippen molar-refractivity contribution >= 4 is 21.5 Å². The quantitative estimate of drug-likeness (QED) is 0.374. The predicted octanol–water partition coefficient (Wildman–Crippen LogP) is 5.28. The van der Waals surface area contributed by atoms with Crippen molar-refractivity contribution in [1.82, 2.24) is 0 Å². The Morgan fingerprint density at radius 2 is 1.10 bits per heavy atom. The molecule has 0 heteroatoms. The summed E-state index contributed by atoms with van der Waals surface area (Å²) in [5, 5.41) is 4.88. The van der Waals surface area contributed by atoms with Crippen LogP contribution in [0, 0.1) is 12.1 Å². The third-order valence-corrected chi connectivity index (χ3v) is 3.11. The fraction of sp³-hybridized carbons (Fsp3) is 0. The number of benzene rings is 4. The second-order valence-electron chi connectivity index (χ2n) is 4.52. The molecule has 0 aliphatic heterocycles. The summed E-state index contributed by atoms with van der Waals surface area (Å²) >= 11 is 0. The molecule has 4 aromatic rings. The van der Waals surface area contributed by atoms with Gasteiger partial charge in [0.25, 0.3) is 0 Å². The molecule has 0 nitrogen and oxygen atoms in total. The molecule has 0 bridgehead atoms. The van der Waals surface area contributed by atoms with Gasteiger partial charge in [0, 0.05) is 0 Å². The highest BCUT2D eigenvalue weighted by Gasteiger charge is 1.95. The largest absolute Gasteiger partial charge is 0.0622 e. The summed E-state index contributed by atoms with van der Waals surface area (Å²) in [6.07, 6.45) is 0. The first kappa shape index (κ1) is 12.4. The van der Waals surface area contributed by atoms with E-state index < -0.39 is 0 Å². The van der Waals surface area contributed by atoms with Gasteiger partial charge in [-0.25, -0.2) is 0 Å². The van der Waals surface area contributed by atoms with Crippen LogP contribution in [0.3, 0.4) is 0 Å². The molecule has 20 heavy (non-hydrogen) atoms. The van der Waals surface area contributed by atoms with Gasteiger partial charge >= 0.3 is 0 Å². The van der Waals surface area contributed by atoms with Crippen LogP contribution in [0.5, 0.6) is 0 Å². The molecule has 0 unspecified atom stereocenters. The van der Waals surface area contributed by atoms with Crippen LogP contribution in [-0.2, 0) is 0 Å². The van der Waals surface area contributed by atoms with Crippen LogP contribution in [0.2, 0.25) is 0 Å². The van der Waals surface area contributed by atoms with E-state index in [-0.39, 0.29) is 0 Å². The number of fused-ring (bicyclic) bond motifs is 2. The van der Waals surface area contributed by atoms with Gasteiger partial charge in [0.2, 0.25) is 0 Å². The number of hydrogen-bond acceptors (Lipinski definition) is 0. The first-order chi connectivity index (χ1) is 9.93. The van der Waals surface area contributed by atoms with E-state index in [2.05, 4.69) is 54.6 Å². The Kier molecular flexibility index (Phi) is 3.75. The fourth-order valence-corrected chi connectivity index (χ4v) is 2.13. The summed E-state index contributed by atoms with van der Waals surface area (Å²) in [4.78, 5) is 0. The Hall–Kier alpha value is -2.60. The average molecular weight is 254 g/mol. The monoisotopic (exact) mass is 254 g/mol. The zero-order valence-electron chi connectivity index (χ0n) is 11.1. The summed E-state index contributed by atoms with van der Waals surface area (Å²) < 4.78 is 0. The van der Waals surface area contributed by atoms with E-state index in [4.69, 9.17) is 0 Å². The van der Waals surface area contributed by atoms with Crippen molar-refractivity contribution in [3.05, 3.63) is 97.1 Å². The first-order valence-electron chi connectivity index (χ1n) is 6.64. The van der Waals surface area contributed by atoms with E-state index in [9.17, 15) is 0 Å². The lowest BCUT2D eigenvalue weighted by Crippen LogP contribution is -1.75. The molecule has 0 aliphatic rings. The van der Waals surface area contributed by atoms with Gasteiger partial charge in [-0.2, -0.15) is 0 Å². The van der Waals surface area contributed by atoms with E-state index in [0.29, 0.717) is 0 Å².